The summed E-state index contributed by atoms with van der Waals surface area (Å²) in [4.78, 5) is 6.22. The maximum Gasteiger partial charge on any atom is 0.136 e. The van der Waals surface area contributed by atoms with Crippen molar-refractivity contribution in [2.45, 2.75) is 12.0 Å². The summed E-state index contributed by atoms with van der Waals surface area (Å²) < 4.78 is 8.90. The molecular weight excluding hydrogens is 562 g/mol. The minimum absolute atomic E-state index is 0.258. The highest BCUT2D eigenvalue weighted by atomic mass is 16.3. The van der Waals surface area contributed by atoms with Crippen molar-refractivity contribution in [1.82, 2.24) is 9.55 Å². The summed E-state index contributed by atoms with van der Waals surface area (Å²) in [6.45, 7) is 0. The van der Waals surface area contributed by atoms with Gasteiger partial charge in [-0.15, -0.1) is 0 Å². The molecule has 4 heteroatoms. The zero-order chi connectivity index (χ0) is 29.9. The lowest BCUT2D eigenvalue weighted by atomic mass is 9.91. The summed E-state index contributed by atoms with van der Waals surface area (Å²) in [5.74, 6) is 0.351. The first-order valence-electron chi connectivity index (χ1n) is 15.9. The van der Waals surface area contributed by atoms with Gasteiger partial charge in [0.25, 0.3) is 0 Å². The lowest BCUT2D eigenvalue weighted by Gasteiger charge is -2.28. The van der Waals surface area contributed by atoms with E-state index in [0.717, 1.165) is 38.7 Å². The summed E-state index contributed by atoms with van der Waals surface area (Å²) in [5, 5.41) is 7.21. The molecule has 1 N–H and O–H groups in total. The molecule has 6 aromatic carbocycles. The Morgan fingerprint density at radius 3 is 2.11 bits per heavy atom. The Kier molecular flexibility index (Phi) is 4.66. The molecule has 0 saturated carbocycles. The third-order valence-corrected chi connectivity index (χ3v) is 10.2. The van der Waals surface area contributed by atoms with Crippen LogP contribution in [0.1, 0.15) is 11.5 Å². The van der Waals surface area contributed by atoms with E-state index in [4.69, 9.17) is 4.42 Å². The maximum absolute atomic E-state index is 6.52. The van der Waals surface area contributed by atoms with E-state index in [1.165, 1.54) is 49.5 Å². The summed E-state index contributed by atoms with van der Waals surface area (Å²) in [6, 6.07) is 44.2. The van der Waals surface area contributed by atoms with Gasteiger partial charge in [-0.25, -0.2) is 0 Å². The number of rotatable bonds is 2. The summed E-state index contributed by atoms with van der Waals surface area (Å²) in [6.07, 6.45) is 9.03. The molecule has 0 amide bonds. The number of fused-ring (bicyclic) bond motifs is 13. The van der Waals surface area contributed by atoms with Crippen molar-refractivity contribution in [3.05, 3.63) is 151 Å². The van der Waals surface area contributed by atoms with Crippen molar-refractivity contribution >= 4 is 76.9 Å². The molecule has 0 fully saturated rings. The lowest BCUT2D eigenvalue weighted by Crippen LogP contribution is -2.28. The first-order valence-corrected chi connectivity index (χ1v) is 15.9. The lowest BCUT2D eigenvalue weighted by molar-refractivity contribution is 0.669. The van der Waals surface area contributed by atoms with E-state index in [2.05, 4.69) is 160 Å². The van der Waals surface area contributed by atoms with Gasteiger partial charge in [0, 0.05) is 66.3 Å². The Bertz CT molecular complexity index is 2730. The molecule has 2 unspecified atom stereocenters. The van der Waals surface area contributed by atoms with Crippen LogP contribution in [0, 0.1) is 0 Å². The number of allylic oxidation sites excluding steroid dienone is 2. The van der Waals surface area contributed by atoms with Crippen LogP contribution >= 0.6 is 0 Å². The van der Waals surface area contributed by atoms with Crippen LogP contribution in [0.3, 0.4) is 0 Å². The van der Waals surface area contributed by atoms with E-state index < -0.39 is 0 Å². The van der Waals surface area contributed by atoms with Gasteiger partial charge in [-0.1, -0.05) is 78.9 Å². The fraction of sp³-hybridized carbons (Fsp3) is 0.0476. The molecule has 216 valence electrons. The normalized spacial score (nSPS) is 17.3. The van der Waals surface area contributed by atoms with Gasteiger partial charge in [0.1, 0.15) is 11.2 Å². The predicted molar refractivity (Wildman–Crippen MR) is 191 cm³/mol. The highest BCUT2D eigenvalue weighted by Gasteiger charge is 2.37. The Hall–Kier alpha value is -6.00. The highest BCUT2D eigenvalue weighted by Crippen LogP contribution is 2.49. The van der Waals surface area contributed by atoms with E-state index in [1.54, 1.807) is 0 Å². The van der Waals surface area contributed by atoms with Gasteiger partial charge in [-0.05, 0) is 72.3 Å². The maximum atomic E-state index is 6.52. The molecule has 0 bridgehead atoms. The minimum atomic E-state index is 0.258. The van der Waals surface area contributed by atoms with Crippen LogP contribution in [-0.2, 0) is 0 Å². The number of H-pyrrole nitrogens is 1. The first kappa shape index (κ1) is 24.3. The quantitative estimate of drug-likeness (QED) is 0.218. The van der Waals surface area contributed by atoms with Gasteiger partial charge in [0.2, 0.25) is 0 Å². The van der Waals surface area contributed by atoms with Gasteiger partial charge >= 0.3 is 0 Å². The number of aromatic amines is 1. The minimum Gasteiger partial charge on any atom is -0.456 e. The monoisotopic (exact) mass is 589 g/mol. The van der Waals surface area contributed by atoms with Crippen LogP contribution in [0.15, 0.2) is 150 Å². The van der Waals surface area contributed by atoms with E-state index in [1.807, 2.05) is 0 Å². The fourth-order valence-corrected chi connectivity index (χ4v) is 8.31. The molecule has 9 aromatic rings. The number of nitrogens with zero attached hydrogens (tertiary/aromatic N) is 2. The van der Waals surface area contributed by atoms with Crippen molar-refractivity contribution in [2.24, 2.45) is 0 Å². The van der Waals surface area contributed by atoms with Crippen LogP contribution in [0.4, 0.5) is 11.4 Å². The Morgan fingerprint density at radius 2 is 1.24 bits per heavy atom. The molecule has 11 rings (SSSR count). The van der Waals surface area contributed by atoms with Crippen molar-refractivity contribution in [3.63, 3.8) is 0 Å². The average molecular weight is 590 g/mol. The number of benzene rings is 6. The zero-order valence-electron chi connectivity index (χ0n) is 24.8. The van der Waals surface area contributed by atoms with E-state index in [0.29, 0.717) is 5.92 Å². The van der Waals surface area contributed by atoms with Crippen molar-refractivity contribution < 1.29 is 4.42 Å². The third-order valence-electron chi connectivity index (χ3n) is 10.2. The molecule has 46 heavy (non-hydrogen) atoms. The SMILES string of the molecule is C1=CC2c3ccccc3N(c3ccc4[nH]c5ccc6oc7ccc(-n8c9ccccc9c9ccccc98)cc7c6c5c4c3)C2C=C1. The standard InChI is InChI=1S/C42H27N3O/c1-5-13-35-27(9-1)28-10-2-6-14-36(28)44(35)25-17-19-33-31(23-25)41-34(43-33)20-22-40-42(41)32-24-26(18-21-39(32)46-40)45-37-15-7-3-11-29(37)30-12-4-8-16-38(30)45/h1-24,27,35,43H. The molecule has 2 atom stereocenters. The van der Waals surface area contributed by atoms with Crippen LogP contribution in [0.5, 0.6) is 0 Å². The molecule has 3 aromatic heterocycles. The molecule has 2 aliphatic rings. The van der Waals surface area contributed by atoms with Gasteiger partial charge in [0.05, 0.1) is 17.1 Å². The van der Waals surface area contributed by atoms with Gasteiger partial charge in [-0.2, -0.15) is 0 Å². The highest BCUT2D eigenvalue weighted by molar-refractivity contribution is 6.27. The second-order valence-corrected chi connectivity index (χ2v) is 12.6. The molecule has 0 radical (unpaired) electrons. The molecule has 4 heterocycles. The molecule has 0 saturated heterocycles. The molecule has 1 aliphatic heterocycles. The number of hydrogen-bond donors (Lipinski definition) is 1. The summed E-state index contributed by atoms with van der Waals surface area (Å²) in [7, 11) is 0. The van der Waals surface area contributed by atoms with Crippen LogP contribution < -0.4 is 4.90 Å². The second-order valence-electron chi connectivity index (χ2n) is 12.6. The average Bonchev–Trinajstić information content (AvgIpc) is 3.85. The molecule has 4 nitrogen and oxygen atoms in total. The molecular formula is C42H27N3O. The van der Waals surface area contributed by atoms with Gasteiger partial charge in [0.15, 0.2) is 0 Å². The summed E-state index contributed by atoms with van der Waals surface area (Å²) >= 11 is 0. The molecule has 1 aliphatic carbocycles. The Balaban J connectivity index is 1.17. The number of anilines is 2. The number of para-hydroxylation sites is 3. The van der Waals surface area contributed by atoms with Crippen molar-refractivity contribution in [3.8, 4) is 5.69 Å². The number of nitrogens with one attached hydrogen (secondary N) is 1. The van der Waals surface area contributed by atoms with Gasteiger partial charge < -0.3 is 18.9 Å². The smallest absolute Gasteiger partial charge is 0.136 e. The van der Waals surface area contributed by atoms with E-state index in [9.17, 15) is 0 Å². The van der Waals surface area contributed by atoms with Crippen LogP contribution in [0.25, 0.3) is 71.2 Å². The van der Waals surface area contributed by atoms with Crippen LogP contribution in [-0.4, -0.2) is 15.6 Å². The van der Waals surface area contributed by atoms with E-state index >= 15 is 0 Å². The molecule has 0 spiro atoms. The first-order chi connectivity index (χ1) is 22.8. The zero-order valence-corrected chi connectivity index (χ0v) is 24.8. The van der Waals surface area contributed by atoms with Gasteiger partial charge in [-0.3, -0.25) is 0 Å². The fourth-order valence-electron chi connectivity index (χ4n) is 8.31. The largest absolute Gasteiger partial charge is 0.456 e. The van der Waals surface area contributed by atoms with E-state index in [-0.39, 0.29) is 6.04 Å². The van der Waals surface area contributed by atoms with Crippen LogP contribution in [0.2, 0.25) is 0 Å². The topological polar surface area (TPSA) is 37.1 Å². The second kappa shape index (κ2) is 8.80. The van der Waals surface area contributed by atoms with Crippen molar-refractivity contribution in [1.29, 1.82) is 0 Å². The van der Waals surface area contributed by atoms with Crippen molar-refractivity contribution in [2.75, 3.05) is 4.90 Å². The third kappa shape index (κ3) is 3.13. The summed E-state index contributed by atoms with van der Waals surface area (Å²) in [5.41, 5.74) is 11.4. The Labute approximate surface area is 264 Å². The number of furan rings is 1. The number of aromatic nitrogens is 2. The predicted octanol–water partition coefficient (Wildman–Crippen LogP) is 11.0. The Morgan fingerprint density at radius 1 is 0.543 bits per heavy atom. The number of hydrogen-bond acceptors (Lipinski definition) is 2.